The molecule has 1 saturated carbocycles. The summed E-state index contributed by atoms with van der Waals surface area (Å²) in [6.07, 6.45) is 1.76. The molecule has 0 aromatic rings. The van der Waals surface area contributed by atoms with Crippen molar-refractivity contribution in [2.45, 2.75) is 45.3 Å². The lowest BCUT2D eigenvalue weighted by molar-refractivity contribution is -0.122. The maximum atomic E-state index is 11.4. The average Bonchev–Trinajstić information content (AvgIpc) is 2.61. The molecule has 2 aliphatic rings. The molecule has 0 amide bonds. The SMILES string of the molecule is CC(C)[C@H]1CC(=O)[C@@H]2O[C@]2(C)C1. The Morgan fingerprint density at radius 2 is 2.25 bits per heavy atom. The first-order chi connectivity index (χ1) is 5.53. The minimum Gasteiger partial charge on any atom is -0.358 e. The van der Waals surface area contributed by atoms with E-state index in [-0.39, 0.29) is 11.7 Å². The zero-order chi connectivity index (χ0) is 8.93. The van der Waals surface area contributed by atoms with E-state index in [2.05, 4.69) is 20.8 Å². The summed E-state index contributed by atoms with van der Waals surface area (Å²) in [5.41, 5.74) is -0.0791. The van der Waals surface area contributed by atoms with Crippen LogP contribution in [0, 0.1) is 11.8 Å². The van der Waals surface area contributed by atoms with Crippen molar-refractivity contribution in [2.75, 3.05) is 0 Å². The van der Waals surface area contributed by atoms with Crippen molar-refractivity contribution in [3.8, 4) is 0 Å². The van der Waals surface area contributed by atoms with Gasteiger partial charge in [-0.05, 0) is 25.2 Å². The first-order valence-electron chi connectivity index (χ1n) is 4.73. The molecule has 0 aromatic carbocycles. The molecular weight excluding hydrogens is 152 g/mol. The van der Waals surface area contributed by atoms with Crippen molar-refractivity contribution in [1.29, 1.82) is 0 Å². The first-order valence-corrected chi connectivity index (χ1v) is 4.73. The van der Waals surface area contributed by atoms with Crippen LogP contribution in [0.5, 0.6) is 0 Å². The highest BCUT2D eigenvalue weighted by molar-refractivity contribution is 5.88. The maximum absolute atomic E-state index is 11.4. The number of fused-ring (bicyclic) bond motifs is 1. The second kappa shape index (κ2) is 2.32. The van der Waals surface area contributed by atoms with E-state index in [1.807, 2.05) is 0 Å². The van der Waals surface area contributed by atoms with Gasteiger partial charge in [-0.3, -0.25) is 4.79 Å². The quantitative estimate of drug-likeness (QED) is 0.558. The second-order valence-corrected chi connectivity index (χ2v) is 4.69. The summed E-state index contributed by atoms with van der Waals surface area (Å²) in [7, 11) is 0. The zero-order valence-electron chi connectivity index (χ0n) is 7.96. The van der Waals surface area contributed by atoms with Gasteiger partial charge in [0.1, 0.15) is 11.7 Å². The Labute approximate surface area is 73.3 Å². The van der Waals surface area contributed by atoms with Crippen LogP contribution in [0.2, 0.25) is 0 Å². The summed E-state index contributed by atoms with van der Waals surface area (Å²) in [4.78, 5) is 11.4. The van der Waals surface area contributed by atoms with Crippen LogP contribution in [-0.4, -0.2) is 17.5 Å². The molecule has 1 saturated heterocycles. The van der Waals surface area contributed by atoms with E-state index >= 15 is 0 Å². The number of hydrogen-bond acceptors (Lipinski definition) is 2. The summed E-state index contributed by atoms with van der Waals surface area (Å²) in [5, 5.41) is 0. The number of carbonyl (C=O) groups excluding carboxylic acids is 1. The molecule has 1 heterocycles. The molecule has 0 bridgehead atoms. The number of Topliss-reactive ketones (excluding diaryl/α,β-unsaturated/α-hetero) is 1. The van der Waals surface area contributed by atoms with E-state index < -0.39 is 0 Å². The highest BCUT2D eigenvalue weighted by Crippen LogP contribution is 2.49. The summed E-state index contributed by atoms with van der Waals surface area (Å²) in [5.74, 6) is 1.47. The molecule has 0 N–H and O–H groups in total. The Bertz CT molecular complexity index is 222. The van der Waals surface area contributed by atoms with Gasteiger partial charge in [0.2, 0.25) is 0 Å². The van der Waals surface area contributed by atoms with Crippen LogP contribution in [0.3, 0.4) is 0 Å². The zero-order valence-corrected chi connectivity index (χ0v) is 7.96. The standard InChI is InChI=1S/C10H16O2/c1-6(2)7-4-8(11)9-10(3,5-7)12-9/h6-7,9H,4-5H2,1-3H3/t7-,9-,10+/m0/s1. The lowest BCUT2D eigenvalue weighted by Gasteiger charge is -2.25. The second-order valence-electron chi connectivity index (χ2n) is 4.69. The number of rotatable bonds is 1. The Kier molecular flexibility index (Phi) is 1.59. The van der Waals surface area contributed by atoms with Crippen LogP contribution < -0.4 is 0 Å². The van der Waals surface area contributed by atoms with Crippen LogP contribution in [0.25, 0.3) is 0 Å². The molecule has 3 atom stereocenters. The molecule has 0 aromatic heterocycles. The maximum Gasteiger partial charge on any atom is 0.164 e. The van der Waals surface area contributed by atoms with Gasteiger partial charge in [0.05, 0.1) is 0 Å². The molecule has 1 aliphatic heterocycles. The molecule has 2 heteroatoms. The van der Waals surface area contributed by atoms with Crippen LogP contribution in [0.15, 0.2) is 0 Å². The molecule has 12 heavy (non-hydrogen) atoms. The molecule has 0 spiro atoms. The van der Waals surface area contributed by atoms with Gasteiger partial charge in [0, 0.05) is 6.42 Å². The number of epoxide rings is 1. The molecule has 2 nitrogen and oxygen atoms in total. The van der Waals surface area contributed by atoms with Gasteiger partial charge in [-0.25, -0.2) is 0 Å². The Morgan fingerprint density at radius 3 is 2.75 bits per heavy atom. The Balaban J connectivity index is 2.09. The van der Waals surface area contributed by atoms with Crippen molar-refractivity contribution < 1.29 is 9.53 Å². The van der Waals surface area contributed by atoms with Crippen molar-refractivity contribution in [2.24, 2.45) is 11.8 Å². The van der Waals surface area contributed by atoms with E-state index in [9.17, 15) is 4.79 Å². The van der Waals surface area contributed by atoms with E-state index in [4.69, 9.17) is 4.74 Å². The van der Waals surface area contributed by atoms with E-state index in [1.54, 1.807) is 0 Å². The normalized spacial score (nSPS) is 46.2. The fourth-order valence-electron chi connectivity index (χ4n) is 2.23. The van der Waals surface area contributed by atoms with E-state index in [0.717, 1.165) is 12.8 Å². The monoisotopic (exact) mass is 168 g/mol. The van der Waals surface area contributed by atoms with E-state index in [1.165, 1.54) is 0 Å². The number of hydrogen-bond donors (Lipinski definition) is 0. The van der Waals surface area contributed by atoms with Crippen molar-refractivity contribution in [3.05, 3.63) is 0 Å². The number of carbonyl (C=O) groups is 1. The third-order valence-electron chi connectivity index (χ3n) is 3.25. The van der Waals surface area contributed by atoms with Gasteiger partial charge < -0.3 is 4.74 Å². The minimum atomic E-state index is -0.0791. The molecule has 2 fully saturated rings. The summed E-state index contributed by atoms with van der Waals surface area (Å²) < 4.78 is 5.41. The fraction of sp³-hybridized carbons (Fsp3) is 0.900. The fourth-order valence-corrected chi connectivity index (χ4v) is 2.23. The Hall–Kier alpha value is -0.370. The molecule has 1 aliphatic carbocycles. The summed E-state index contributed by atoms with van der Waals surface area (Å²) in [6, 6.07) is 0. The van der Waals surface area contributed by atoms with Crippen molar-refractivity contribution in [1.82, 2.24) is 0 Å². The largest absolute Gasteiger partial charge is 0.358 e. The smallest absolute Gasteiger partial charge is 0.164 e. The number of ether oxygens (including phenoxy) is 1. The summed E-state index contributed by atoms with van der Waals surface area (Å²) in [6.45, 7) is 6.43. The van der Waals surface area contributed by atoms with Crippen LogP contribution in [0.1, 0.15) is 33.6 Å². The van der Waals surface area contributed by atoms with Crippen LogP contribution in [-0.2, 0) is 9.53 Å². The third kappa shape index (κ3) is 1.09. The van der Waals surface area contributed by atoms with Gasteiger partial charge in [0.25, 0.3) is 0 Å². The molecule has 2 rings (SSSR count). The highest BCUT2D eigenvalue weighted by atomic mass is 16.6. The molecule has 68 valence electrons. The Morgan fingerprint density at radius 1 is 1.58 bits per heavy atom. The van der Waals surface area contributed by atoms with Gasteiger partial charge >= 0.3 is 0 Å². The van der Waals surface area contributed by atoms with Gasteiger partial charge in [-0.1, -0.05) is 13.8 Å². The average molecular weight is 168 g/mol. The van der Waals surface area contributed by atoms with Gasteiger partial charge in [-0.2, -0.15) is 0 Å². The highest BCUT2D eigenvalue weighted by Gasteiger charge is 2.60. The first kappa shape index (κ1) is 8.24. The molecule has 0 unspecified atom stereocenters. The lowest BCUT2D eigenvalue weighted by atomic mass is 9.76. The predicted molar refractivity (Wildman–Crippen MR) is 45.8 cm³/mol. The van der Waals surface area contributed by atoms with Gasteiger partial charge in [0.15, 0.2) is 5.78 Å². The van der Waals surface area contributed by atoms with Crippen molar-refractivity contribution >= 4 is 5.78 Å². The lowest BCUT2D eigenvalue weighted by Crippen LogP contribution is -2.31. The van der Waals surface area contributed by atoms with Crippen LogP contribution in [0.4, 0.5) is 0 Å². The number of ketones is 1. The summed E-state index contributed by atoms with van der Waals surface area (Å²) >= 11 is 0. The minimum absolute atomic E-state index is 0.0486. The van der Waals surface area contributed by atoms with Crippen LogP contribution >= 0.6 is 0 Å². The van der Waals surface area contributed by atoms with Gasteiger partial charge in [-0.15, -0.1) is 0 Å². The predicted octanol–water partition coefficient (Wildman–Crippen LogP) is 1.78. The molecular formula is C10H16O2. The third-order valence-corrected chi connectivity index (χ3v) is 3.25. The molecule has 0 radical (unpaired) electrons. The van der Waals surface area contributed by atoms with E-state index in [0.29, 0.717) is 17.6 Å². The van der Waals surface area contributed by atoms with Crippen molar-refractivity contribution in [3.63, 3.8) is 0 Å². The topological polar surface area (TPSA) is 29.6 Å².